The molecule has 0 atom stereocenters. The van der Waals surface area contributed by atoms with E-state index in [0.29, 0.717) is 18.1 Å². The van der Waals surface area contributed by atoms with Crippen molar-refractivity contribution in [3.63, 3.8) is 0 Å². The van der Waals surface area contributed by atoms with Crippen LogP contribution in [0.1, 0.15) is 37.4 Å². The summed E-state index contributed by atoms with van der Waals surface area (Å²) in [4.78, 5) is 12.1. The minimum absolute atomic E-state index is 0.0848. The van der Waals surface area contributed by atoms with Crippen LogP contribution in [-0.2, 0) is 24.3 Å². The maximum Gasteiger partial charge on any atom is 0.228 e. The molecule has 0 aliphatic heterocycles. The van der Waals surface area contributed by atoms with Crippen LogP contribution in [0.4, 0.5) is 5.13 Å². The van der Waals surface area contributed by atoms with Crippen molar-refractivity contribution in [2.45, 2.75) is 53.1 Å². The molecular weight excluding hydrogens is 326 g/mol. The highest BCUT2D eigenvalue weighted by Gasteiger charge is 2.14. The molecule has 0 saturated carbocycles. The highest BCUT2D eigenvalue weighted by molar-refractivity contribution is 7.15. The fourth-order valence-corrected chi connectivity index (χ4v) is 3.50. The van der Waals surface area contributed by atoms with E-state index >= 15 is 0 Å². The van der Waals surface area contributed by atoms with Gasteiger partial charge in [0.05, 0.1) is 18.4 Å². The standard InChI is InChI=1S/C15H21N7OS/c1-4-6-13-18-19-15(24-13)17-12(23)7-8-22-14-10(3)20-21(5-2)11(14)9-16-22/h9H,4-8H2,1-3H3,(H,17,19,23). The van der Waals surface area contributed by atoms with Gasteiger partial charge in [-0.3, -0.25) is 14.2 Å². The molecular formula is C15H21N7OS. The molecule has 1 N–H and O–H groups in total. The molecule has 0 saturated heterocycles. The number of nitrogens with one attached hydrogen (secondary N) is 1. The first-order valence-electron chi connectivity index (χ1n) is 8.13. The summed E-state index contributed by atoms with van der Waals surface area (Å²) in [5.41, 5.74) is 2.92. The van der Waals surface area contributed by atoms with E-state index in [0.717, 1.165) is 41.1 Å². The van der Waals surface area contributed by atoms with Crippen LogP contribution >= 0.6 is 11.3 Å². The number of aryl methyl sites for hydroxylation is 4. The van der Waals surface area contributed by atoms with Gasteiger partial charge in [0.1, 0.15) is 16.0 Å². The van der Waals surface area contributed by atoms with Gasteiger partial charge in [-0.2, -0.15) is 10.2 Å². The lowest BCUT2D eigenvalue weighted by Crippen LogP contribution is -2.15. The zero-order valence-corrected chi connectivity index (χ0v) is 14.9. The molecule has 128 valence electrons. The largest absolute Gasteiger partial charge is 0.300 e. The van der Waals surface area contributed by atoms with Crippen LogP contribution in [-0.4, -0.2) is 35.7 Å². The first-order chi connectivity index (χ1) is 11.6. The van der Waals surface area contributed by atoms with E-state index in [2.05, 4.69) is 32.6 Å². The van der Waals surface area contributed by atoms with Crippen molar-refractivity contribution in [3.05, 3.63) is 16.9 Å². The Labute approximate surface area is 143 Å². The van der Waals surface area contributed by atoms with Gasteiger partial charge in [0.15, 0.2) is 0 Å². The van der Waals surface area contributed by atoms with Gasteiger partial charge in [-0.1, -0.05) is 18.3 Å². The lowest BCUT2D eigenvalue weighted by molar-refractivity contribution is -0.116. The van der Waals surface area contributed by atoms with Gasteiger partial charge in [0.25, 0.3) is 0 Å². The third-order valence-corrected chi connectivity index (χ3v) is 4.64. The maximum atomic E-state index is 12.1. The summed E-state index contributed by atoms with van der Waals surface area (Å²) in [5.74, 6) is -0.0848. The van der Waals surface area contributed by atoms with E-state index in [1.54, 1.807) is 6.20 Å². The molecule has 0 bridgehead atoms. The Morgan fingerprint density at radius 2 is 2.12 bits per heavy atom. The predicted molar refractivity (Wildman–Crippen MR) is 93.1 cm³/mol. The van der Waals surface area contributed by atoms with Gasteiger partial charge in [0.2, 0.25) is 11.0 Å². The zero-order valence-electron chi connectivity index (χ0n) is 14.1. The second-order valence-corrected chi connectivity index (χ2v) is 6.61. The molecule has 3 rings (SSSR count). The summed E-state index contributed by atoms with van der Waals surface area (Å²) < 4.78 is 3.76. The van der Waals surface area contributed by atoms with Gasteiger partial charge >= 0.3 is 0 Å². The smallest absolute Gasteiger partial charge is 0.228 e. The summed E-state index contributed by atoms with van der Waals surface area (Å²) in [6, 6.07) is 0. The van der Waals surface area contributed by atoms with Crippen molar-refractivity contribution in [3.8, 4) is 0 Å². The van der Waals surface area contributed by atoms with Gasteiger partial charge in [-0.15, -0.1) is 10.2 Å². The van der Waals surface area contributed by atoms with Gasteiger partial charge in [0, 0.05) is 19.4 Å². The maximum absolute atomic E-state index is 12.1. The molecule has 8 nitrogen and oxygen atoms in total. The molecule has 3 aromatic heterocycles. The minimum atomic E-state index is -0.0848. The minimum Gasteiger partial charge on any atom is -0.300 e. The van der Waals surface area contributed by atoms with Gasteiger partial charge < -0.3 is 5.32 Å². The summed E-state index contributed by atoms with van der Waals surface area (Å²) in [7, 11) is 0. The summed E-state index contributed by atoms with van der Waals surface area (Å²) in [6.45, 7) is 7.40. The summed E-state index contributed by atoms with van der Waals surface area (Å²) in [6.07, 6.45) is 4.04. The van der Waals surface area contributed by atoms with Crippen LogP contribution in [0.5, 0.6) is 0 Å². The van der Waals surface area contributed by atoms with Crippen molar-refractivity contribution in [2.75, 3.05) is 5.32 Å². The van der Waals surface area contributed by atoms with Crippen molar-refractivity contribution in [2.24, 2.45) is 0 Å². The number of rotatable bonds is 7. The van der Waals surface area contributed by atoms with Gasteiger partial charge in [-0.05, 0) is 20.3 Å². The molecule has 3 aromatic rings. The Morgan fingerprint density at radius 3 is 2.88 bits per heavy atom. The molecule has 0 spiro atoms. The highest BCUT2D eigenvalue weighted by Crippen LogP contribution is 2.19. The third-order valence-electron chi connectivity index (χ3n) is 3.74. The summed E-state index contributed by atoms with van der Waals surface area (Å²) in [5, 5.41) is 21.2. The molecule has 0 radical (unpaired) electrons. The lowest BCUT2D eigenvalue weighted by Gasteiger charge is -2.03. The summed E-state index contributed by atoms with van der Waals surface area (Å²) >= 11 is 1.43. The van der Waals surface area contributed by atoms with Crippen molar-refractivity contribution in [1.29, 1.82) is 0 Å². The molecule has 9 heteroatoms. The van der Waals surface area contributed by atoms with Crippen LogP contribution in [0, 0.1) is 6.92 Å². The Hall–Kier alpha value is -2.29. The van der Waals surface area contributed by atoms with Crippen molar-refractivity contribution < 1.29 is 4.79 Å². The number of hydrogen-bond donors (Lipinski definition) is 1. The fourth-order valence-electron chi connectivity index (χ4n) is 2.64. The third kappa shape index (κ3) is 3.30. The van der Waals surface area contributed by atoms with E-state index < -0.39 is 0 Å². The van der Waals surface area contributed by atoms with E-state index in [1.807, 2.05) is 23.2 Å². The predicted octanol–water partition coefficient (Wildman–Crippen LogP) is 2.39. The van der Waals surface area contributed by atoms with Crippen molar-refractivity contribution in [1.82, 2.24) is 29.8 Å². The number of carbonyl (C=O) groups is 1. The number of nitrogens with zero attached hydrogens (tertiary/aromatic N) is 6. The van der Waals surface area contributed by atoms with E-state index in [9.17, 15) is 4.79 Å². The first kappa shape index (κ1) is 16.6. The second-order valence-electron chi connectivity index (χ2n) is 5.55. The number of aromatic nitrogens is 6. The lowest BCUT2D eigenvalue weighted by atomic mass is 10.3. The number of carbonyl (C=O) groups excluding carboxylic acids is 1. The van der Waals surface area contributed by atoms with Crippen LogP contribution in [0.15, 0.2) is 6.20 Å². The topological polar surface area (TPSA) is 90.5 Å². The molecule has 0 aliphatic carbocycles. The van der Waals surface area contributed by atoms with Crippen LogP contribution in [0.3, 0.4) is 0 Å². The Balaban J connectivity index is 1.62. The van der Waals surface area contributed by atoms with Gasteiger partial charge in [-0.25, -0.2) is 0 Å². The average molecular weight is 347 g/mol. The molecule has 0 aromatic carbocycles. The van der Waals surface area contributed by atoms with E-state index in [1.165, 1.54) is 11.3 Å². The van der Waals surface area contributed by atoms with Crippen LogP contribution < -0.4 is 5.32 Å². The molecule has 0 aliphatic rings. The fraction of sp³-hybridized carbons (Fsp3) is 0.533. The van der Waals surface area contributed by atoms with Crippen molar-refractivity contribution >= 4 is 33.4 Å². The van der Waals surface area contributed by atoms with E-state index in [4.69, 9.17) is 0 Å². The van der Waals surface area contributed by atoms with E-state index in [-0.39, 0.29) is 5.91 Å². The second kappa shape index (κ2) is 7.08. The number of anilines is 1. The number of amides is 1. The Kier molecular flexibility index (Phi) is 4.89. The molecule has 1 amide bonds. The number of hydrogen-bond acceptors (Lipinski definition) is 6. The Morgan fingerprint density at radius 1 is 1.29 bits per heavy atom. The van der Waals surface area contributed by atoms with Crippen LogP contribution in [0.25, 0.3) is 11.0 Å². The SMILES string of the molecule is CCCc1nnc(NC(=O)CCn2ncc3c2c(C)nn3CC)s1. The molecule has 0 fully saturated rings. The molecule has 3 heterocycles. The normalized spacial score (nSPS) is 11.3. The monoisotopic (exact) mass is 347 g/mol. The average Bonchev–Trinajstić information content (AvgIpc) is 3.24. The quantitative estimate of drug-likeness (QED) is 0.709. The number of fused-ring (bicyclic) bond motifs is 1. The Bertz CT molecular complexity index is 847. The molecule has 0 unspecified atom stereocenters. The first-order valence-corrected chi connectivity index (χ1v) is 8.95. The highest BCUT2D eigenvalue weighted by atomic mass is 32.1. The molecule has 24 heavy (non-hydrogen) atoms. The van der Waals surface area contributed by atoms with Crippen LogP contribution in [0.2, 0.25) is 0 Å². The zero-order chi connectivity index (χ0) is 17.1.